The highest BCUT2D eigenvalue weighted by atomic mass is 35.5. The van der Waals surface area contributed by atoms with Crippen molar-refractivity contribution in [3.8, 4) is 0 Å². The Labute approximate surface area is 186 Å². The Balaban J connectivity index is 2.42. The van der Waals surface area contributed by atoms with Crippen molar-refractivity contribution in [1.29, 1.82) is 0 Å². The summed E-state index contributed by atoms with van der Waals surface area (Å²) in [7, 11) is 0. The molecule has 2 rings (SSSR count). The summed E-state index contributed by atoms with van der Waals surface area (Å²) >= 11 is 5.50. The van der Waals surface area contributed by atoms with Crippen LogP contribution in [-0.4, -0.2) is 21.0 Å². The lowest BCUT2D eigenvalue weighted by Gasteiger charge is -2.42. The minimum absolute atomic E-state index is 0.0105. The summed E-state index contributed by atoms with van der Waals surface area (Å²) in [5.41, 5.74) is 1.81. The summed E-state index contributed by atoms with van der Waals surface area (Å²) in [6.07, 6.45) is 1.18. The van der Waals surface area contributed by atoms with Crippen molar-refractivity contribution in [2.75, 3.05) is 6.61 Å². The molecule has 0 aromatic heterocycles. The zero-order chi connectivity index (χ0) is 22.4. The highest BCUT2D eigenvalue weighted by Crippen LogP contribution is 2.58. The molecule has 1 fully saturated rings. The fourth-order valence-corrected chi connectivity index (χ4v) is 5.68. The van der Waals surface area contributed by atoms with E-state index in [0.29, 0.717) is 11.8 Å². The molecule has 0 aliphatic heterocycles. The molecular weight excluding hydrogens is 402 g/mol. The van der Waals surface area contributed by atoms with E-state index in [4.69, 9.17) is 11.6 Å². The van der Waals surface area contributed by atoms with Crippen LogP contribution in [0.25, 0.3) is 0 Å². The molecule has 29 heavy (non-hydrogen) atoms. The first-order valence-corrected chi connectivity index (χ1v) is 12.3. The number of hydrogen-bond donors (Lipinski definition) is 2. The van der Waals surface area contributed by atoms with Crippen LogP contribution < -0.4 is 4.72 Å². The Kier molecular flexibility index (Phi) is 7.50. The van der Waals surface area contributed by atoms with Gasteiger partial charge in [-0.05, 0) is 74.5 Å². The lowest BCUT2D eigenvalue weighted by Crippen LogP contribution is -2.55. The van der Waals surface area contributed by atoms with E-state index in [9.17, 15) is 9.66 Å². The number of nitrogens with one attached hydrogen (secondary N) is 1. The van der Waals surface area contributed by atoms with Crippen molar-refractivity contribution in [2.45, 2.75) is 84.9 Å². The summed E-state index contributed by atoms with van der Waals surface area (Å²) in [6.45, 7) is 19.0. The fraction of sp³-hybridized carbons (Fsp3) is 0.750. The van der Waals surface area contributed by atoms with Gasteiger partial charge in [0.1, 0.15) is 4.75 Å². The Morgan fingerprint density at radius 1 is 1.17 bits per heavy atom. The molecule has 2 N–H and O–H groups in total. The SMILES string of the molecule is CC(C)C(CO)[C@@](C)(N[S@@+]([O-])C(C)(C)C)c1ccc([C@@H]2C[C@H]2C(C)(C)C)c(Cl)c1. The van der Waals surface area contributed by atoms with E-state index in [1.54, 1.807) is 0 Å². The van der Waals surface area contributed by atoms with E-state index in [1.807, 2.05) is 33.8 Å². The van der Waals surface area contributed by atoms with Gasteiger partial charge < -0.3 is 9.66 Å². The fourth-order valence-electron chi connectivity index (χ4n) is 4.40. The van der Waals surface area contributed by atoms with Crippen molar-refractivity contribution in [2.24, 2.45) is 23.2 Å². The summed E-state index contributed by atoms with van der Waals surface area (Å²) in [5.74, 6) is 1.28. The van der Waals surface area contributed by atoms with Crippen LogP contribution in [0.3, 0.4) is 0 Å². The van der Waals surface area contributed by atoms with E-state index >= 15 is 0 Å². The van der Waals surface area contributed by atoms with Gasteiger partial charge in [0.15, 0.2) is 0 Å². The Bertz CT molecular complexity index is 710. The zero-order valence-electron chi connectivity index (χ0n) is 19.6. The van der Waals surface area contributed by atoms with Crippen LogP contribution in [0.15, 0.2) is 18.2 Å². The van der Waals surface area contributed by atoms with Gasteiger partial charge in [0, 0.05) is 28.9 Å². The molecule has 0 amide bonds. The second-order valence-corrected chi connectivity index (χ2v) is 13.6. The zero-order valence-corrected chi connectivity index (χ0v) is 21.2. The normalized spacial score (nSPS) is 24.3. The predicted octanol–water partition coefficient (Wildman–Crippen LogP) is 6.02. The number of rotatable bonds is 7. The van der Waals surface area contributed by atoms with Crippen molar-refractivity contribution in [3.05, 3.63) is 34.3 Å². The van der Waals surface area contributed by atoms with E-state index in [-0.39, 0.29) is 23.9 Å². The number of hydrogen-bond acceptors (Lipinski definition) is 3. The lowest BCUT2D eigenvalue weighted by molar-refractivity contribution is 0.110. The van der Waals surface area contributed by atoms with Crippen LogP contribution >= 0.6 is 11.6 Å². The van der Waals surface area contributed by atoms with E-state index in [0.717, 1.165) is 10.6 Å². The summed E-state index contributed by atoms with van der Waals surface area (Å²) in [4.78, 5) is 0. The molecule has 166 valence electrons. The van der Waals surface area contributed by atoms with Gasteiger partial charge in [0.05, 0.1) is 5.54 Å². The molecular formula is C24H40ClNO2S. The van der Waals surface area contributed by atoms with Gasteiger partial charge in [-0.2, -0.15) is 0 Å². The van der Waals surface area contributed by atoms with Gasteiger partial charge in [0.2, 0.25) is 0 Å². The monoisotopic (exact) mass is 441 g/mol. The third-order valence-corrected chi connectivity index (χ3v) is 8.56. The second kappa shape index (κ2) is 8.70. The van der Waals surface area contributed by atoms with Crippen LogP contribution in [0.1, 0.15) is 85.8 Å². The van der Waals surface area contributed by atoms with Crippen LogP contribution in [0.2, 0.25) is 5.02 Å². The third kappa shape index (κ3) is 5.51. The molecule has 1 unspecified atom stereocenters. The minimum Gasteiger partial charge on any atom is -0.598 e. The Morgan fingerprint density at radius 2 is 1.76 bits per heavy atom. The Hall–Kier alpha value is -0.260. The Morgan fingerprint density at radius 3 is 2.14 bits per heavy atom. The van der Waals surface area contributed by atoms with E-state index < -0.39 is 21.6 Å². The predicted molar refractivity (Wildman–Crippen MR) is 126 cm³/mol. The van der Waals surface area contributed by atoms with Gasteiger partial charge in [-0.15, -0.1) is 4.72 Å². The third-order valence-electron chi connectivity index (χ3n) is 6.51. The molecule has 5 atom stereocenters. The summed E-state index contributed by atoms with van der Waals surface area (Å²) in [5, 5.41) is 11.0. The van der Waals surface area contributed by atoms with Crippen LogP contribution in [0, 0.1) is 23.2 Å². The molecule has 0 saturated heterocycles. The smallest absolute Gasteiger partial charge is 0.136 e. The molecule has 0 bridgehead atoms. The number of halogens is 1. The molecule has 1 aliphatic carbocycles. The van der Waals surface area contributed by atoms with Crippen molar-refractivity contribution >= 4 is 23.0 Å². The molecule has 1 saturated carbocycles. The topological polar surface area (TPSA) is 55.3 Å². The average Bonchev–Trinajstić information content (AvgIpc) is 3.34. The van der Waals surface area contributed by atoms with E-state index in [2.05, 4.69) is 51.5 Å². The van der Waals surface area contributed by atoms with Crippen molar-refractivity contribution in [3.63, 3.8) is 0 Å². The van der Waals surface area contributed by atoms with Gasteiger partial charge in [-0.1, -0.05) is 58.4 Å². The molecule has 0 radical (unpaired) electrons. The van der Waals surface area contributed by atoms with Crippen LogP contribution in [0.5, 0.6) is 0 Å². The van der Waals surface area contributed by atoms with Gasteiger partial charge in [0.25, 0.3) is 0 Å². The van der Waals surface area contributed by atoms with E-state index in [1.165, 1.54) is 12.0 Å². The molecule has 1 aliphatic rings. The number of aliphatic hydroxyl groups excluding tert-OH is 1. The highest BCUT2D eigenvalue weighted by Gasteiger charge is 2.48. The molecule has 5 heteroatoms. The lowest BCUT2D eigenvalue weighted by atomic mass is 9.74. The average molecular weight is 442 g/mol. The van der Waals surface area contributed by atoms with Crippen LogP contribution in [0.4, 0.5) is 0 Å². The first kappa shape index (κ1) is 25.0. The quantitative estimate of drug-likeness (QED) is 0.508. The maximum absolute atomic E-state index is 13.0. The molecule has 1 aromatic carbocycles. The van der Waals surface area contributed by atoms with Gasteiger partial charge in [-0.25, -0.2) is 0 Å². The molecule has 1 aromatic rings. The first-order valence-electron chi connectivity index (χ1n) is 10.7. The minimum atomic E-state index is -1.28. The van der Waals surface area contributed by atoms with Crippen molar-refractivity contribution < 1.29 is 9.66 Å². The maximum Gasteiger partial charge on any atom is 0.136 e. The largest absolute Gasteiger partial charge is 0.598 e. The second-order valence-electron chi connectivity index (χ2n) is 11.3. The molecule has 0 spiro atoms. The number of benzene rings is 1. The van der Waals surface area contributed by atoms with Crippen LogP contribution in [-0.2, 0) is 16.9 Å². The standard InChI is InChI=1S/C24H40ClNO2S/c1-15(2)20(14-27)24(9,26-29(28)23(6,7)8)16-10-11-17(21(25)12-16)18-13-19(18)22(3,4)5/h10-12,15,18-20,26-27H,13-14H2,1-9H3/t18-,19+,20?,24-,29-/m0/s1. The molecule has 0 heterocycles. The molecule has 3 nitrogen and oxygen atoms in total. The first-order chi connectivity index (χ1) is 13.1. The highest BCUT2D eigenvalue weighted by molar-refractivity contribution is 7.90. The van der Waals surface area contributed by atoms with Crippen molar-refractivity contribution in [1.82, 2.24) is 4.72 Å². The van der Waals surface area contributed by atoms with Gasteiger partial charge in [-0.3, -0.25) is 0 Å². The van der Waals surface area contributed by atoms with Gasteiger partial charge >= 0.3 is 0 Å². The summed E-state index contributed by atoms with van der Waals surface area (Å²) < 4.78 is 16.0. The maximum atomic E-state index is 13.0. The summed E-state index contributed by atoms with van der Waals surface area (Å²) in [6, 6.07) is 6.27. The number of aliphatic hydroxyl groups is 1.